The fourth-order valence-corrected chi connectivity index (χ4v) is 3.79. The minimum absolute atomic E-state index is 0.137. The highest BCUT2D eigenvalue weighted by Gasteiger charge is 2.23. The Bertz CT molecular complexity index is 657. The summed E-state index contributed by atoms with van der Waals surface area (Å²) in [4.78, 5) is 18.6. The summed E-state index contributed by atoms with van der Waals surface area (Å²) in [5.41, 5.74) is 0. The van der Waals surface area contributed by atoms with Crippen LogP contribution in [0.1, 0.15) is 12.8 Å². The lowest BCUT2D eigenvalue weighted by molar-refractivity contribution is -0.130. The predicted molar refractivity (Wildman–Crippen MR) is 88.9 cm³/mol. The summed E-state index contributed by atoms with van der Waals surface area (Å²) in [5.74, 6) is 0.773. The molecule has 0 aliphatic carbocycles. The third-order valence-corrected chi connectivity index (χ3v) is 5.09. The molecule has 1 unspecified atom stereocenters. The monoisotopic (exact) mass is 316 g/mol. The van der Waals surface area contributed by atoms with Gasteiger partial charge in [0.15, 0.2) is 0 Å². The summed E-state index contributed by atoms with van der Waals surface area (Å²) in [7, 11) is 0. The smallest absolute Gasteiger partial charge is 0.233 e. The number of nitrogens with zero attached hydrogens (tertiary/aromatic N) is 2. The highest BCUT2D eigenvalue weighted by molar-refractivity contribution is 8.00. The number of hydrogen-bond donors (Lipinski definition) is 1. The molecule has 0 bridgehead atoms. The van der Waals surface area contributed by atoms with Crippen molar-refractivity contribution < 1.29 is 9.90 Å². The van der Waals surface area contributed by atoms with Gasteiger partial charge >= 0.3 is 0 Å². The average molecular weight is 316 g/mol. The fraction of sp³-hybridized carbons (Fsp3) is 0.412. The molecule has 1 aliphatic heterocycles. The Kier molecular flexibility index (Phi) is 4.95. The first kappa shape index (κ1) is 15.3. The van der Waals surface area contributed by atoms with Gasteiger partial charge in [-0.2, -0.15) is 0 Å². The van der Waals surface area contributed by atoms with E-state index in [1.165, 1.54) is 11.8 Å². The van der Waals surface area contributed by atoms with Crippen LogP contribution in [0.15, 0.2) is 41.6 Å². The van der Waals surface area contributed by atoms with E-state index in [0.29, 0.717) is 12.3 Å². The molecular formula is C17H20N2O2S. The lowest BCUT2D eigenvalue weighted by Gasteiger charge is -2.31. The van der Waals surface area contributed by atoms with Gasteiger partial charge in [0.2, 0.25) is 5.91 Å². The lowest BCUT2D eigenvalue weighted by Crippen LogP contribution is -2.41. The van der Waals surface area contributed by atoms with Gasteiger partial charge in [0.1, 0.15) is 5.03 Å². The van der Waals surface area contributed by atoms with Crippen molar-refractivity contribution in [3.8, 4) is 0 Å². The summed E-state index contributed by atoms with van der Waals surface area (Å²) in [6, 6.07) is 10.1. The van der Waals surface area contributed by atoms with Crippen molar-refractivity contribution in [2.24, 2.45) is 5.92 Å². The highest BCUT2D eigenvalue weighted by Crippen LogP contribution is 2.26. The molecule has 1 aromatic carbocycles. The van der Waals surface area contributed by atoms with E-state index in [2.05, 4.69) is 11.1 Å². The third kappa shape index (κ3) is 3.42. The highest BCUT2D eigenvalue weighted by atomic mass is 32.2. The molecule has 1 N–H and O–H groups in total. The third-order valence-electron chi connectivity index (χ3n) is 4.10. The van der Waals surface area contributed by atoms with Crippen LogP contribution < -0.4 is 0 Å². The first-order valence-corrected chi connectivity index (χ1v) is 8.61. The van der Waals surface area contributed by atoms with Crippen LogP contribution in [0.2, 0.25) is 0 Å². The summed E-state index contributed by atoms with van der Waals surface area (Å²) in [6.07, 6.45) is 3.78. The van der Waals surface area contributed by atoms with Crippen molar-refractivity contribution in [2.45, 2.75) is 17.9 Å². The second-order valence-corrected chi connectivity index (χ2v) is 6.62. The first-order chi connectivity index (χ1) is 10.8. The maximum Gasteiger partial charge on any atom is 0.233 e. The number of thioether (sulfide) groups is 1. The van der Waals surface area contributed by atoms with E-state index in [0.717, 1.165) is 35.2 Å². The molecule has 0 radical (unpaired) electrons. The zero-order valence-corrected chi connectivity index (χ0v) is 13.3. The standard InChI is InChI=1S/C17H20N2O2S/c20-11-13-4-3-9-19(10-13)16(21)12-22-17-15-6-2-1-5-14(15)7-8-18-17/h1-2,5-8,13,20H,3-4,9-12H2. The number of likely N-dealkylation sites (tertiary alicyclic amines) is 1. The molecule has 0 spiro atoms. The number of aliphatic hydroxyl groups is 1. The SMILES string of the molecule is O=C(CSc1nccc2ccccc12)N1CCCC(CO)C1. The van der Waals surface area contributed by atoms with Crippen LogP contribution in [0.4, 0.5) is 0 Å². The molecule has 116 valence electrons. The number of fused-ring (bicyclic) bond motifs is 1. The van der Waals surface area contributed by atoms with Gasteiger partial charge in [-0.3, -0.25) is 4.79 Å². The molecule has 1 aromatic heterocycles. The predicted octanol–water partition coefficient (Wildman–Crippen LogP) is 2.56. The fourth-order valence-electron chi connectivity index (χ4n) is 2.87. The number of rotatable bonds is 4. The molecule has 3 rings (SSSR count). The number of amides is 1. The molecule has 2 heterocycles. The number of piperidine rings is 1. The zero-order chi connectivity index (χ0) is 15.4. The van der Waals surface area contributed by atoms with Crippen molar-refractivity contribution in [2.75, 3.05) is 25.4 Å². The van der Waals surface area contributed by atoms with E-state index in [9.17, 15) is 9.90 Å². The molecule has 22 heavy (non-hydrogen) atoms. The van der Waals surface area contributed by atoms with Gasteiger partial charge in [0, 0.05) is 31.3 Å². The van der Waals surface area contributed by atoms with Crippen LogP contribution in [0.3, 0.4) is 0 Å². The summed E-state index contributed by atoms with van der Waals surface area (Å²) in [5, 5.41) is 12.4. The van der Waals surface area contributed by atoms with Crippen LogP contribution in [0.25, 0.3) is 10.8 Å². The second kappa shape index (κ2) is 7.11. The van der Waals surface area contributed by atoms with E-state index in [1.54, 1.807) is 6.20 Å². The van der Waals surface area contributed by atoms with Crippen LogP contribution in [-0.4, -0.2) is 46.3 Å². The van der Waals surface area contributed by atoms with E-state index in [4.69, 9.17) is 0 Å². The van der Waals surface area contributed by atoms with Gasteiger partial charge in [-0.1, -0.05) is 36.0 Å². The topological polar surface area (TPSA) is 53.4 Å². The maximum absolute atomic E-state index is 12.4. The lowest BCUT2D eigenvalue weighted by atomic mass is 9.99. The molecule has 1 saturated heterocycles. The largest absolute Gasteiger partial charge is 0.396 e. The van der Waals surface area contributed by atoms with Crippen molar-refractivity contribution in [3.05, 3.63) is 36.5 Å². The van der Waals surface area contributed by atoms with E-state index in [1.807, 2.05) is 29.2 Å². The van der Waals surface area contributed by atoms with Crippen LogP contribution in [0.5, 0.6) is 0 Å². The quantitative estimate of drug-likeness (QED) is 0.881. The average Bonchev–Trinajstić information content (AvgIpc) is 2.59. The van der Waals surface area contributed by atoms with Gasteiger partial charge in [-0.15, -0.1) is 0 Å². The Morgan fingerprint density at radius 1 is 1.36 bits per heavy atom. The molecule has 1 atom stereocenters. The van der Waals surface area contributed by atoms with Gasteiger partial charge in [-0.05, 0) is 30.2 Å². The normalized spacial score (nSPS) is 18.6. The Labute approximate surface area is 134 Å². The number of carbonyl (C=O) groups excluding carboxylic acids is 1. The van der Waals surface area contributed by atoms with Gasteiger partial charge in [0.05, 0.1) is 5.75 Å². The molecule has 2 aromatic rings. The minimum Gasteiger partial charge on any atom is -0.396 e. The maximum atomic E-state index is 12.4. The van der Waals surface area contributed by atoms with Crippen LogP contribution >= 0.6 is 11.8 Å². The molecule has 1 amide bonds. The van der Waals surface area contributed by atoms with Crippen molar-refractivity contribution in [1.29, 1.82) is 0 Å². The Balaban J connectivity index is 1.65. The van der Waals surface area contributed by atoms with Crippen molar-refractivity contribution in [1.82, 2.24) is 9.88 Å². The first-order valence-electron chi connectivity index (χ1n) is 7.63. The van der Waals surface area contributed by atoms with Gasteiger partial charge < -0.3 is 10.0 Å². The summed E-state index contributed by atoms with van der Waals surface area (Å²) in [6.45, 7) is 1.65. The summed E-state index contributed by atoms with van der Waals surface area (Å²) < 4.78 is 0. The molecule has 0 saturated carbocycles. The number of benzene rings is 1. The number of carbonyl (C=O) groups is 1. The van der Waals surface area contributed by atoms with Crippen LogP contribution in [0, 0.1) is 5.92 Å². The van der Waals surface area contributed by atoms with Crippen molar-refractivity contribution >= 4 is 28.4 Å². The van der Waals surface area contributed by atoms with Gasteiger partial charge in [-0.25, -0.2) is 4.98 Å². The van der Waals surface area contributed by atoms with E-state index in [-0.39, 0.29) is 18.4 Å². The Morgan fingerprint density at radius 2 is 2.23 bits per heavy atom. The minimum atomic E-state index is 0.137. The Hall–Kier alpha value is -1.59. The van der Waals surface area contributed by atoms with Crippen molar-refractivity contribution in [3.63, 3.8) is 0 Å². The molecule has 1 fully saturated rings. The molecule has 5 heteroatoms. The number of aromatic nitrogens is 1. The van der Waals surface area contributed by atoms with E-state index < -0.39 is 0 Å². The van der Waals surface area contributed by atoms with Gasteiger partial charge in [0.25, 0.3) is 0 Å². The zero-order valence-electron chi connectivity index (χ0n) is 12.4. The molecular weight excluding hydrogens is 296 g/mol. The second-order valence-electron chi connectivity index (χ2n) is 5.66. The molecule has 1 aliphatic rings. The Morgan fingerprint density at radius 3 is 3.09 bits per heavy atom. The number of pyridine rings is 1. The number of aliphatic hydroxyl groups excluding tert-OH is 1. The van der Waals surface area contributed by atoms with Crippen LogP contribution in [-0.2, 0) is 4.79 Å². The summed E-state index contributed by atoms with van der Waals surface area (Å²) >= 11 is 1.50. The number of hydrogen-bond acceptors (Lipinski definition) is 4. The van der Waals surface area contributed by atoms with E-state index >= 15 is 0 Å². The molecule has 4 nitrogen and oxygen atoms in total.